The van der Waals surface area contributed by atoms with Gasteiger partial charge in [0.2, 0.25) is 0 Å². The number of hydrogen-bond acceptors (Lipinski definition) is 2. The van der Waals surface area contributed by atoms with Gasteiger partial charge in [-0.1, -0.05) is 6.07 Å². The minimum atomic E-state index is -2.65. The molecule has 3 nitrogen and oxygen atoms in total. The number of carbonyl (C=O) groups is 1. The Hall–Kier alpha value is -1.52. The molecule has 0 saturated heterocycles. The van der Waals surface area contributed by atoms with Gasteiger partial charge in [-0.25, -0.2) is 8.78 Å². The summed E-state index contributed by atoms with van der Waals surface area (Å²) in [6.07, 6.45) is -1.46. The number of carboxylic acid groups (broad SMARTS) is 1. The second-order valence-electron chi connectivity index (χ2n) is 2.74. The molecule has 0 spiro atoms. The molecule has 5 heteroatoms. The minimum Gasteiger partial charge on any atom is -0.481 e. The fourth-order valence-corrected chi connectivity index (χ4v) is 1.10. The molecule has 0 radical (unpaired) electrons. The predicted molar refractivity (Wildman–Crippen MR) is 45.2 cm³/mol. The van der Waals surface area contributed by atoms with Gasteiger partial charge in [0.1, 0.15) is 5.69 Å². The Morgan fingerprint density at radius 1 is 1.57 bits per heavy atom. The normalized spacial score (nSPS) is 10.5. The largest absolute Gasteiger partial charge is 0.481 e. The number of alkyl halides is 2. The Bertz CT molecular complexity index is 328. The molecular formula is C9H9F2NO2. The molecule has 76 valence electrons. The third-order valence-corrected chi connectivity index (χ3v) is 1.74. The summed E-state index contributed by atoms with van der Waals surface area (Å²) >= 11 is 0. The molecule has 0 aromatic carbocycles. The van der Waals surface area contributed by atoms with Gasteiger partial charge in [0.05, 0.1) is 0 Å². The van der Waals surface area contributed by atoms with Crippen molar-refractivity contribution in [1.82, 2.24) is 4.98 Å². The van der Waals surface area contributed by atoms with Crippen molar-refractivity contribution in [3.63, 3.8) is 0 Å². The first-order chi connectivity index (χ1) is 6.61. The summed E-state index contributed by atoms with van der Waals surface area (Å²) in [4.78, 5) is 13.8. The topological polar surface area (TPSA) is 50.2 Å². The smallest absolute Gasteiger partial charge is 0.303 e. The first-order valence-electron chi connectivity index (χ1n) is 4.05. The Morgan fingerprint density at radius 3 is 2.86 bits per heavy atom. The molecule has 1 N–H and O–H groups in total. The van der Waals surface area contributed by atoms with Crippen molar-refractivity contribution < 1.29 is 18.7 Å². The van der Waals surface area contributed by atoms with E-state index in [4.69, 9.17) is 5.11 Å². The quantitative estimate of drug-likeness (QED) is 0.810. The van der Waals surface area contributed by atoms with Crippen LogP contribution in [0.3, 0.4) is 0 Å². The molecule has 0 aliphatic heterocycles. The van der Waals surface area contributed by atoms with Gasteiger partial charge in [-0.15, -0.1) is 0 Å². The fourth-order valence-electron chi connectivity index (χ4n) is 1.10. The van der Waals surface area contributed by atoms with Crippen molar-refractivity contribution in [3.05, 3.63) is 29.6 Å². The van der Waals surface area contributed by atoms with E-state index in [9.17, 15) is 13.6 Å². The maximum absolute atomic E-state index is 12.3. The molecule has 0 aliphatic rings. The molecule has 1 heterocycles. The van der Waals surface area contributed by atoms with E-state index in [-0.39, 0.29) is 18.5 Å². The third kappa shape index (κ3) is 2.76. The van der Waals surface area contributed by atoms with E-state index in [0.29, 0.717) is 5.56 Å². The van der Waals surface area contributed by atoms with Crippen LogP contribution in [0.4, 0.5) is 8.78 Å². The zero-order valence-electron chi connectivity index (χ0n) is 7.28. The van der Waals surface area contributed by atoms with Gasteiger partial charge >= 0.3 is 5.97 Å². The molecule has 0 bridgehead atoms. The van der Waals surface area contributed by atoms with Gasteiger partial charge in [0, 0.05) is 12.6 Å². The van der Waals surface area contributed by atoms with Crippen LogP contribution in [-0.2, 0) is 11.2 Å². The van der Waals surface area contributed by atoms with Crippen LogP contribution >= 0.6 is 0 Å². The standard InChI is InChI=1S/C9H9F2NO2/c10-9(11)8-6(2-1-5-12-8)3-4-7(13)14/h1-2,5,9H,3-4H2,(H,13,14). The number of aryl methyl sites for hydroxylation is 1. The number of aliphatic carboxylic acids is 1. The molecule has 0 fully saturated rings. The number of rotatable bonds is 4. The number of carboxylic acids is 1. The second kappa shape index (κ2) is 4.64. The van der Waals surface area contributed by atoms with Gasteiger partial charge in [0.15, 0.2) is 0 Å². The van der Waals surface area contributed by atoms with E-state index in [2.05, 4.69) is 4.98 Å². The van der Waals surface area contributed by atoms with Gasteiger partial charge in [-0.2, -0.15) is 0 Å². The highest BCUT2D eigenvalue weighted by molar-refractivity contribution is 5.67. The van der Waals surface area contributed by atoms with Crippen LogP contribution in [0.2, 0.25) is 0 Å². The van der Waals surface area contributed by atoms with Crippen molar-refractivity contribution in [1.29, 1.82) is 0 Å². The highest BCUT2D eigenvalue weighted by Crippen LogP contribution is 2.20. The number of pyridine rings is 1. The Morgan fingerprint density at radius 2 is 2.29 bits per heavy atom. The molecule has 1 aromatic heterocycles. The minimum absolute atomic E-state index is 0.0862. The Labute approximate surface area is 79.4 Å². The predicted octanol–water partition coefficient (Wildman–Crippen LogP) is 2.04. The summed E-state index contributed by atoms with van der Waals surface area (Å²) in [7, 11) is 0. The average Bonchev–Trinajstić information content (AvgIpc) is 2.15. The summed E-state index contributed by atoms with van der Waals surface area (Å²) in [6.45, 7) is 0. The molecule has 1 aromatic rings. The van der Waals surface area contributed by atoms with Gasteiger partial charge in [-0.05, 0) is 18.1 Å². The number of aromatic nitrogens is 1. The van der Waals surface area contributed by atoms with Crippen LogP contribution in [0.5, 0.6) is 0 Å². The van der Waals surface area contributed by atoms with E-state index in [1.807, 2.05) is 0 Å². The second-order valence-corrected chi connectivity index (χ2v) is 2.74. The molecule has 0 unspecified atom stereocenters. The lowest BCUT2D eigenvalue weighted by atomic mass is 10.1. The van der Waals surface area contributed by atoms with Crippen LogP contribution < -0.4 is 0 Å². The van der Waals surface area contributed by atoms with Crippen LogP contribution in [-0.4, -0.2) is 16.1 Å². The van der Waals surface area contributed by atoms with Crippen molar-refractivity contribution in [2.45, 2.75) is 19.3 Å². The molecule has 14 heavy (non-hydrogen) atoms. The lowest BCUT2D eigenvalue weighted by Crippen LogP contribution is -2.02. The van der Waals surface area contributed by atoms with Crippen LogP contribution in [0, 0.1) is 0 Å². The monoisotopic (exact) mass is 201 g/mol. The molecule has 0 atom stereocenters. The first-order valence-corrected chi connectivity index (χ1v) is 4.05. The summed E-state index contributed by atoms with van der Waals surface area (Å²) in [5.41, 5.74) is -0.0290. The highest BCUT2D eigenvalue weighted by Gasteiger charge is 2.14. The fraction of sp³-hybridized carbons (Fsp3) is 0.333. The Balaban J connectivity index is 2.79. The van der Waals surface area contributed by atoms with E-state index < -0.39 is 12.4 Å². The molecular weight excluding hydrogens is 192 g/mol. The van der Waals surface area contributed by atoms with Crippen molar-refractivity contribution in [3.8, 4) is 0 Å². The summed E-state index contributed by atoms with van der Waals surface area (Å²) in [5.74, 6) is -1.01. The highest BCUT2D eigenvalue weighted by atomic mass is 19.3. The maximum atomic E-state index is 12.3. The summed E-state index contributed by atoms with van der Waals surface area (Å²) in [5, 5.41) is 8.40. The van der Waals surface area contributed by atoms with Crippen molar-refractivity contribution in [2.24, 2.45) is 0 Å². The van der Waals surface area contributed by atoms with E-state index in [1.54, 1.807) is 0 Å². The maximum Gasteiger partial charge on any atom is 0.303 e. The average molecular weight is 201 g/mol. The van der Waals surface area contributed by atoms with E-state index in [0.717, 1.165) is 0 Å². The summed E-state index contributed by atoms with van der Waals surface area (Å²) < 4.78 is 24.7. The molecule has 0 saturated carbocycles. The molecule has 1 rings (SSSR count). The van der Waals surface area contributed by atoms with Gasteiger partial charge in [0.25, 0.3) is 6.43 Å². The zero-order chi connectivity index (χ0) is 10.6. The lowest BCUT2D eigenvalue weighted by molar-refractivity contribution is -0.136. The number of halogens is 2. The lowest BCUT2D eigenvalue weighted by Gasteiger charge is -2.05. The van der Waals surface area contributed by atoms with E-state index >= 15 is 0 Å². The zero-order valence-corrected chi connectivity index (χ0v) is 7.28. The van der Waals surface area contributed by atoms with Crippen LogP contribution in [0.1, 0.15) is 24.1 Å². The SMILES string of the molecule is O=C(O)CCc1cccnc1C(F)F. The van der Waals surface area contributed by atoms with Gasteiger partial charge < -0.3 is 5.11 Å². The Kier molecular flexibility index (Phi) is 3.50. The first kappa shape index (κ1) is 10.6. The van der Waals surface area contributed by atoms with Gasteiger partial charge in [-0.3, -0.25) is 9.78 Å². The molecule has 0 aliphatic carbocycles. The van der Waals surface area contributed by atoms with Crippen molar-refractivity contribution >= 4 is 5.97 Å². The number of nitrogens with zero attached hydrogens (tertiary/aromatic N) is 1. The van der Waals surface area contributed by atoms with E-state index in [1.165, 1.54) is 18.3 Å². The summed E-state index contributed by atoms with van der Waals surface area (Å²) in [6, 6.07) is 2.99. The van der Waals surface area contributed by atoms with Crippen LogP contribution in [0.15, 0.2) is 18.3 Å². The number of hydrogen-bond donors (Lipinski definition) is 1. The third-order valence-electron chi connectivity index (χ3n) is 1.74. The van der Waals surface area contributed by atoms with Crippen LogP contribution in [0.25, 0.3) is 0 Å². The van der Waals surface area contributed by atoms with Crippen molar-refractivity contribution in [2.75, 3.05) is 0 Å². The molecule has 0 amide bonds.